The molecule has 1 saturated heterocycles. The first-order valence-corrected chi connectivity index (χ1v) is 11.8. The molecular formula is C18H22N4O3S2. The normalized spacial score (nSPS) is 21.3. The summed E-state index contributed by atoms with van der Waals surface area (Å²) in [6, 6.07) is 9.82. The molecule has 0 unspecified atom stereocenters. The van der Waals surface area contributed by atoms with Gasteiger partial charge in [-0.25, -0.2) is 8.42 Å². The Balaban J connectivity index is 1.44. The van der Waals surface area contributed by atoms with Crippen molar-refractivity contribution in [3.05, 3.63) is 30.3 Å². The molecular weight excluding hydrogens is 384 g/mol. The highest BCUT2D eigenvalue weighted by atomic mass is 32.2. The first kappa shape index (κ1) is 18.5. The van der Waals surface area contributed by atoms with Gasteiger partial charge in [0.15, 0.2) is 20.8 Å². The van der Waals surface area contributed by atoms with Crippen LogP contribution in [0.15, 0.2) is 35.5 Å². The standard InChI is InChI=1S/C18H22N4O3S2/c1-21-17(13-5-3-2-4-6-13)19-20-18(21)26-11-16(23)22(14-7-8-14)15-9-10-27(24,25)12-15/h2-6,14-15H,7-12H2,1H3/t15-/m0/s1. The van der Waals surface area contributed by atoms with Gasteiger partial charge >= 0.3 is 0 Å². The van der Waals surface area contributed by atoms with Gasteiger partial charge in [-0.05, 0) is 19.3 Å². The van der Waals surface area contributed by atoms with E-state index in [4.69, 9.17) is 0 Å². The van der Waals surface area contributed by atoms with Gasteiger partial charge in [0.05, 0.1) is 17.3 Å². The van der Waals surface area contributed by atoms with E-state index in [1.54, 1.807) is 0 Å². The summed E-state index contributed by atoms with van der Waals surface area (Å²) in [7, 11) is -1.12. The number of aromatic nitrogens is 3. The Bertz CT molecular complexity index is 939. The van der Waals surface area contributed by atoms with E-state index >= 15 is 0 Å². The van der Waals surface area contributed by atoms with E-state index < -0.39 is 9.84 Å². The first-order chi connectivity index (χ1) is 12.9. The second kappa shape index (κ2) is 7.27. The lowest BCUT2D eigenvalue weighted by Crippen LogP contribution is -2.43. The highest BCUT2D eigenvalue weighted by Gasteiger charge is 2.41. The zero-order valence-corrected chi connectivity index (χ0v) is 16.7. The van der Waals surface area contributed by atoms with Crippen molar-refractivity contribution in [2.24, 2.45) is 7.05 Å². The summed E-state index contributed by atoms with van der Waals surface area (Å²) >= 11 is 1.35. The van der Waals surface area contributed by atoms with Crippen LogP contribution < -0.4 is 0 Å². The van der Waals surface area contributed by atoms with Crippen LogP contribution in [0.4, 0.5) is 0 Å². The molecule has 2 heterocycles. The summed E-state index contributed by atoms with van der Waals surface area (Å²) in [5.41, 5.74) is 0.974. The average molecular weight is 407 g/mol. The van der Waals surface area contributed by atoms with Crippen LogP contribution in [0.25, 0.3) is 11.4 Å². The van der Waals surface area contributed by atoms with Crippen molar-refractivity contribution in [2.45, 2.75) is 36.5 Å². The fourth-order valence-electron chi connectivity index (χ4n) is 3.53. The van der Waals surface area contributed by atoms with Crippen LogP contribution in [0.3, 0.4) is 0 Å². The summed E-state index contributed by atoms with van der Waals surface area (Å²) in [5, 5.41) is 9.13. The molecule has 1 amide bonds. The van der Waals surface area contributed by atoms with E-state index in [0.717, 1.165) is 24.2 Å². The first-order valence-electron chi connectivity index (χ1n) is 9.04. The van der Waals surface area contributed by atoms with Gasteiger partial charge in [0, 0.05) is 24.7 Å². The van der Waals surface area contributed by atoms with E-state index in [9.17, 15) is 13.2 Å². The van der Waals surface area contributed by atoms with Crippen LogP contribution >= 0.6 is 11.8 Å². The Hall–Kier alpha value is -1.87. The Morgan fingerprint density at radius 3 is 2.56 bits per heavy atom. The van der Waals surface area contributed by atoms with Gasteiger partial charge in [0.1, 0.15) is 0 Å². The molecule has 144 valence electrons. The predicted molar refractivity (Wildman–Crippen MR) is 104 cm³/mol. The molecule has 1 aliphatic heterocycles. The van der Waals surface area contributed by atoms with Gasteiger partial charge in [-0.15, -0.1) is 10.2 Å². The molecule has 0 bridgehead atoms. The second-order valence-corrected chi connectivity index (χ2v) is 10.3. The lowest BCUT2D eigenvalue weighted by molar-refractivity contribution is -0.130. The van der Waals surface area contributed by atoms with E-state index in [1.807, 2.05) is 46.8 Å². The predicted octanol–water partition coefficient (Wildman–Crippen LogP) is 1.75. The molecule has 0 N–H and O–H groups in total. The maximum atomic E-state index is 12.8. The van der Waals surface area contributed by atoms with Crippen molar-refractivity contribution in [1.82, 2.24) is 19.7 Å². The largest absolute Gasteiger partial charge is 0.335 e. The summed E-state index contributed by atoms with van der Waals surface area (Å²) in [4.78, 5) is 14.7. The Morgan fingerprint density at radius 2 is 1.93 bits per heavy atom. The van der Waals surface area contributed by atoms with Gasteiger partial charge in [0.25, 0.3) is 0 Å². The molecule has 2 aromatic rings. The van der Waals surface area contributed by atoms with Gasteiger partial charge in [-0.2, -0.15) is 0 Å². The number of thioether (sulfide) groups is 1. The number of hydrogen-bond acceptors (Lipinski definition) is 6. The molecule has 4 rings (SSSR count). The van der Waals surface area contributed by atoms with Crippen LogP contribution in [0.1, 0.15) is 19.3 Å². The third-order valence-corrected chi connectivity index (χ3v) is 7.78. The molecule has 1 aromatic carbocycles. The lowest BCUT2D eigenvalue weighted by Gasteiger charge is -2.28. The quantitative estimate of drug-likeness (QED) is 0.680. The number of rotatable bonds is 6. The van der Waals surface area contributed by atoms with Crippen LogP contribution in [-0.4, -0.2) is 63.3 Å². The number of carbonyl (C=O) groups is 1. The molecule has 27 heavy (non-hydrogen) atoms. The molecule has 2 fully saturated rings. The number of amides is 1. The highest BCUT2D eigenvalue weighted by molar-refractivity contribution is 7.99. The summed E-state index contributed by atoms with van der Waals surface area (Å²) in [5.74, 6) is 1.28. The van der Waals surface area contributed by atoms with Crippen molar-refractivity contribution < 1.29 is 13.2 Å². The third-order valence-electron chi connectivity index (χ3n) is 5.02. The van der Waals surface area contributed by atoms with Crippen LogP contribution in [0, 0.1) is 0 Å². The van der Waals surface area contributed by atoms with Crippen molar-refractivity contribution in [3.63, 3.8) is 0 Å². The number of nitrogens with zero attached hydrogens (tertiary/aromatic N) is 4. The van der Waals surface area contributed by atoms with Gasteiger partial charge < -0.3 is 9.47 Å². The van der Waals surface area contributed by atoms with E-state index in [-0.39, 0.29) is 35.2 Å². The minimum absolute atomic E-state index is 0.00568. The van der Waals surface area contributed by atoms with Crippen molar-refractivity contribution >= 4 is 27.5 Å². The number of hydrogen-bond donors (Lipinski definition) is 0. The monoisotopic (exact) mass is 406 g/mol. The van der Waals surface area contributed by atoms with Crippen LogP contribution in [0.2, 0.25) is 0 Å². The number of sulfone groups is 1. The van der Waals surface area contributed by atoms with Crippen LogP contribution in [0.5, 0.6) is 0 Å². The SMILES string of the molecule is Cn1c(SCC(=O)N(C2CC2)[C@H]2CCS(=O)(=O)C2)nnc1-c1ccccc1. The van der Waals surface area contributed by atoms with E-state index in [1.165, 1.54) is 11.8 Å². The fourth-order valence-corrected chi connectivity index (χ4v) is 6.02. The van der Waals surface area contributed by atoms with E-state index in [2.05, 4.69) is 10.2 Å². The molecule has 7 nitrogen and oxygen atoms in total. The molecule has 0 spiro atoms. The van der Waals surface area contributed by atoms with Crippen molar-refractivity contribution in [3.8, 4) is 11.4 Å². The Morgan fingerprint density at radius 1 is 1.19 bits per heavy atom. The fraction of sp³-hybridized carbons (Fsp3) is 0.500. The van der Waals surface area contributed by atoms with Gasteiger partial charge in [0.2, 0.25) is 5.91 Å². The smallest absolute Gasteiger partial charge is 0.233 e. The molecule has 9 heteroatoms. The molecule has 1 aliphatic carbocycles. The maximum Gasteiger partial charge on any atom is 0.233 e. The van der Waals surface area contributed by atoms with E-state index in [0.29, 0.717) is 11.6 Å². The minimum atomic E-state index is -3.01. The number of benzene rings is 1. The summed E-state index contributed by atoms with van der Waals surface area (Å²) < 4.78 is 25.5. The Kier molecular flexibility index (Phi) is 4.98. The third kappa shape index (κ3) is 4.03. The molecule has 1 atom stereocenters. The van der Waals surface area contributed by atoms with Crippen LogP contribution in [-0.2, 0) is 21.7 Å². The zero-order valence-electron chi connectivity index (χ0n) is 15.1. The average Bonchev–Trinajstić information content (AvgIpc) is 3.31. The molecule has 1 aromatic heterocycles. The number of carbonyl (C=O) groups excluding carboxylic acids is 1. The lowest BCUT2D eigenvalue weighted by atomic mass is 10.2. The zero-order chi connectivity index (χ0) is 19.0. The summed E-state index contributed by atoms with van der Waals surface area (Å²) in [6.07, 6.45) is 2.49. The second-order valence-electron chi connectivity index (χ2n) is 7.11. The molecule has 1 saturated carbocycles. The van der Waals surface area contributed by atoms with Crippen molar-refractivity contribution in [2.75, 3.05) is 17.3 Å². The highest BCUT2D eigenvalue weighted by Crippen LogP contribution is 2.33. The maximum absolute atomic E-state index is 12.8. The summed E-state index contributed by atoms with van der Waals surface area (Å²) in [6.45, 7) is 0. The minimum Gasteiger partial charge on any atom is -0.335 e. The van der Waals surface area contributed by atoms with Gasteiger partial charge in [-0.1, -0.05) is 42.1 Å². The van der Waals surface area contributed by atoms with Gasteiger partial charge in [-0.3, -0.25) is 4.79 Å². The molecule has 0 radical (unpaired) electrons. The molecule has 2 aliphatic rings. The Labute approximate surface area is 163 Å². The van der Waals surface area contributed by atoms with Crippen molar-refractivity contribution in [1.29, 1.82) is 0 Å². The topological polar surface area (TPSA) is 85.2 Å².